The van der Waals surface area contributed by atoms with Gasteiger partial charge in [0.2, 0.25) is 0 Å². The maximum Gasteiger partial charge on any atom is 0.335 e. The molecule has 10 heavy (non-hydrogen) atoms. The van der Waals surface area contributed by atoms with E-state index in [-0.39, 0.29) is 0 Å². The second-order valence-corrected chi connectivity index (χ2v) is 5.61. The largest absolute Gasteiger partial charge is 0.335 e. The lowest BCUT2D eigenvalue weighted by molar-refractivity contribution is 0.259. The average Bonchev–Trinajstić information content (AvgIpc) is 1.84. The smallest absolute Gasteiger partial charge is 0.312 e. The minimum atomic E-state index is -2.98. The van der Waals surface area contributed by atoms with Crippen molar-refractivity contribution in [2.45, 2.75) is 19.0 Å². The molecule has 0 aliphatic carbocycles. The normalized spacial score (nSPS) is 13.7. The third-order valence-corrected chi connectivity index (χ3v) is 3.67. The summed E-state index contributed by atoms with van der Waals surface area (Å²) in [5, 5.41) is -0.684. The maximum atomic E-state index is 11.5. The van der Waals surface area contributed by atoms with E-state index in [1.165, 1.54) is 14.2 Å². The Morgan fingerprint density at radius 3 is 1.60 bits per heavy atom. The zero-order chi connectivity index (χ0) is 8.41. The lowest BCUT2D eigenvalue weighted by Gasteiger charge is -2.26. The summed E-state index contributed by atoms with van der Waals surface area (Å²) < 4.78 is 20.9. The van der Waals surface area contributed by atoms with Gasteiger partial charge in [0.25, 0.3) is 0 Å². The molecule has 0 heterocycles. The van der Waals surface area contributed by atoms with E-state index in [2.05, 4.69) is 6.92 Å². The standard InChI is InChI=1S/C6H14O3P/c1-6(2,3)10(7,8-4)9-5/h1H2,2-5H3. The van der Waals surface area contributed by atoms with Gasteiger partial charge < -0.3 is 9.05 Å². The average molecular weight is 165 g/mol. The molecule has 0 atom stereocenters. The molecule has 0 saturated carbocycles. The lowest BCUT2D eigenvalue weighted by atomic mass is 10.3. The highest BCUT2D eigenvalue weighted by Crippen LogP contribution is 2.57. The van der Waals surface area contributed by atoms with E-state index in [1.807, 2.05) is 0 Å². The second-order valence-electron chi connectivity index (χ2n) is 2.68. The third-order valence-electron chi connectivity index (χ3n) is 1.22. The zero-order valence-corrected chi connectivity index (χ0v) is 7.77. The fourth-order valence-electron chi connectivity index (χ4n) is 0.569. The highest BCUT2D eigenvalue weighted by atomic mass is 31.2. The third kappa shape index (κ3) is 1.82. The van der Waals surface area contributed by atoms with Crippen molar-refractivity contribution in [2.75, 3.05) is 14.2 Å². The molecule has 0 bridgehead atoms. The molecule has 0 aliphatic rings. The molecule has 0 spiro atoms. The molecule has 0 aromatic rings. The molecule has 0 N–H and O–H groups in total. The first-order valence-electron chi connectivity index (χ1n) is 2.94. The SMILES string of the molecule is [CH2]C(C)(C)P(=O)(OC)OC. The molecule has 0 amide bonds. The molecule has 0 aromatic carbocycles. The highest BCUT2D eigenvalue weighted by Gasteiger charge is 2.37. The van der Waals surface area contributed by atoms with Crippen LogP contribution in [0.3, 0.4) is 0 Å². The van der Waals surface area contributed by atoms with Gasteiger partial charge in [-0.25, -0.2) is 0 Å². The molecule has 0 aliphatic heterocycles. The first-order chi connectivity index (χ1) is 4.37. The summed E-state index contributed by atoms with van der Waals surface area (Å²) in [6.07, 6.45) is 0. The Kier molecular flexibility index (Phi) is 3.08. The van der Waals surface area contributed by atoms with Crippen LogP contribution in [0.4, 0.5) is 0 Å². The molecular formula is C6H14O3P. The van der Waals surface area contributed by atoms with E-state index < -0.39 is 12.8 Å². The van der Waals surface area contributed by atoms with Crippen LogP contribution < -0.4 is 0 Å². The van der Waals surface area contributed by atoms with Crippen LogP contribution in [0.1, 0.15) is 13.8 Å². The molecule has 61 valence electrons. The minimum absolute atomic E-state index is 0.684. The van der Waals surface area contributed by atoms with Gasteiger partial charge in [0.1, 0.15) is 0 Å². The van der Waals surface area contributed by atoms with Gasteiger partial charge >= 0.3 is 7.60 Å². The van der Waals surface area contributed by atoms with Crippen LogP contribution in [0.5, 0.6) is 0 Å². The number of hydrogen-bond acceptors (Lipinski definition) is 3. The predicted molar refractivity (Wildman–Crippen MR) is 41.1 cm³/mol. The van der Waals surface area contributed by atoms with Gasteiger partial charge in [-0.3, -0.25) is 4.57 Å². The summed E-state index contributed by atoms with van der Waals surface area (Å²) in [6, 6.07) is 0. The zero-order valence-electron chi connectivity index (χ0n) is 6.88. The van der Waals surface area contributed by atoms with Crippen molar-refractivity contribution in [3.05, 3.63) is 6.92 Å². The summed E-state index contributed by atoms with van der Waals surface area (Å²) in [5.74, 6) is 0. The molecule has 0 rings (SSSR count). The molecule has 1 radical (unpaired) electrons. The Morgan fingerprint density at radius 2 is 1.60 bits per heavy atom. The van der Waals surface area contributed by atoms with E-state index in [4.69, 9.17) is 9.05 Å². The number of rotatable bonds is 3. The van der Waals surface area contributed by atoms with Crippen LogP contribution in [-0.2, 0) is 13.6 Å². The van der Waals surface area contributed by atoms with Crippen molar-refractivity contribution in [3.63, 3.8) is 0 Å². The molecule has 0 saturated heterocycles. The second kappa shape index (κ2) is 3.04. The van der Waals surface area contributed by atoms with Gasteiger partial charge in [-0.1, -0.05) is 0 Å². The van der Waals surface area contributed by atoms with E-state index in [9.17, 15) is 4.57 Å². The van der Waals surface area contributed by atoms with Crippen LogP contribution in [0.2, 0.25) is 0 Å². The topological polar surface area (TPSA) is 35.5 Å². The van der Waals surface area contributed by atoms with E-state index >= 15 is 0 Å². The fraction of sp³-hybridized carbons (Fsp3) is 0.833. The Hall–Kier alpha value is 0.150. The van der Waals surface area contributed by atoms with Gasteiger partial charge in [-0.05, 0) is 20.8 Å². The molecule has 0 fully saturated rings. The molecule has 4 heteroatoms. The van der Waals surface area contributed by atoms with Crippen LogP contribution in [0, 0.1) is 6.92 Å². The fourth-order valence-corrected chi connectivity index (χ4v) is 1.71. The molecule has 0 unspecified atom stereocenters. The maximum absolute atomic E-state index is 11.5. The predicted octanol–water partition coefficient (Wildman–Crippen LogP) is 2.08. The molecular weight excluding hydrogens is 151 g/mol. The lowest BCUT2D eigenvalue weighted by Crippen LogP contribution is -2.17. The van der Waals surface area contributed by atoms with Crippen molar-refractivity contribution in [3.8, 4) is 0 Å². The van der Waals surface area contributed by atoms with Crippen molar-refractivity contribution >= 4 is 7.60 Å². The molecule has 0 aromatic heterocycles. The first kappa shape index (κ1) is 10.2. The summed E-state index contributed by atoms with van der Waals surface area (Å²) in [5.41, 5.74) is 0. The quantitative estimate of drug-likeness (QED) is 0.600. The summed E-state index contributed by atoms with van der Waals surface area (Å²) >= 11 is 0. The Bertz CT molecular complexity index is 140. The summed E-state index contributed by atoms with van der Waals surface area (Å²) in [7, 11) is -0.259. The summed E-state index contributed by atoms with van der Waals surface area (Å²) in [6.45, 7) is 7.09. The minimum Gasteiger partial charge on any atom is -0.312 e. The number of hydrogen-bond donors (Lipinski definition) is 0. The Labute approximate surface area is 62.3 Å². The van der Waals surface area contributed by atoms with Crippen molar-refractivity contribution in [2.24, 2.45) is 0 Å². The van der Waals surface area contributed by atoms with E-state index in [0.717, 1.165) is 0 Å². The van der Waals surface area contributed by atoms with Crippen LogP contribution in [0.25, 0.3) is 0 Å². The van der Waals surface area contributed by atoms with Gasteiger partial charge in [0.05, 0.1) is 5.16 Å². The first-order valence-corrected chi connectivity index (χ1v) is 4.48. The monoisotopic (exact) mass is 165 g/mol. The van der Waals surface area contributed by atoms with E-state index in [1.54, 1.807) is 13.8 Å². The van der Waals surface area contributed by atoms with E-state index in [0.29, 0.717) is 0 Å². The van der Waals surface area contributed by atoms with Crippen LogP contribution in [-0.4, -0.2) is 19.4 Å². The summed E-state index contributed by atoms with van der Waals surface area (Å²) in [4.78, 5) is 0. The van der Waals surface area contributed by atoms with Gasteiger partial charge in [-0.15, -0.1) is 0 Å². The van der Waals surface area contributed by atoms with Crippen molar-refractivity contribution in [1.82, 2.24) is 0 Å². The van der Waals surface area contributed by atoms with Crippen LogP contribution in [0.15, 0.2) is 0 Å². The van der Waals surface area contributed by atoms with Gasteiger partial charge in [0, 0.05) is 14.2 Å². The Balaban J connectivity index is 4.51. The van der Waals surface area contributed by atoms with Crippen molar-refractivity contribution in [1.29, 1.82) is 0 Å². The van der Waals surface area contributed by atoms with Crippen LogP contribution >= 0.6 is 7.60 Å². The van der Waals surface area contributed by atoms with Crippen molar-refractivity contribution < 1.29 is 13.6 Å². The van der Waals surface area contributed by atoms with Gasteiger partial charge in [0.15, 0.2) is 0 Å². The van der Waals surface area contributed by atoms with Gasteiger partial charge in [-0.2, -0.15) is 0 Å². The Morgan fingerprint density at radius 1 is 1.30 bits per heavy atom. The highest BCUT2D eigenvalue weighted by molar-refractivity contribution is 7.55. The molecule has 3 nitrogen and oxygen atoms in total.